The van der Waals surface area contributed by atoms with Crippen molar-refractivity contribution in [3.05, 3.63) is 70.3 Å². The van der Waals surface area contributed by atoms with E-state index in [1.807, 2.05) is 13.8 Å². The molecule has 1 aromatic heterocycles. The Hall–Kier alpha value is -2.57. The maximum absolute atomic E-state index is 13.0. The molecule has 2 heterocycles. The maximum atomic E-state index is 13.0. The number of benzene rings is 1. The van der Waals surface area contributed by atoms with Crippen molar-refractivity contribution in [1.29, 1.82) is 0 Å². The van der Waals surface area contributed by atoms with E-state index in [-0.39, 0.29) is 11.3 Å². The lowest BCUT2D eigenvalue weighted by Crippen LogP contribution is -2.38. The molecule has 0 radical (unpaired) electrons. The predicted octanol–water partition coefficient (Wildman–Crippen LogP) is 3.85. The molecule has 0 spiro atoms. The summed E-state index contributed by atoms with van der Waals surface area (Å²) in [6.07, 6.45) is 1.39. The van der Waals surface area contributed by atoms with Crippen molar-refractivity contribution in [2.24, 2.45) is 0 Å². The van der Waals surface area contributed by atoms with Crippen LogP contribution >= 0.6 is 11.6 Å². The molecule has 1 atom stereocenters. The maximum Gasteiger partial charge on any atom is 0.290 e. The highest BCUT2D eigenvalue weighted by Gasteiger charge is 2.44. The summed E-state index contributed by atoms with van der Waals surface area (Å²) < 4.78 is 5.21. The Morgan fingerprint density at radius 2 is 1.89 bits per heavy atom. The average Bonchev–Trinajstić information content (AvgIpc) is 3.32. The van der Waals surface area contributed by atoms with Gasteiger partial charge >= 0.3 is 0 Å². The summed E-state index contributed by atoms with van der Waals surface area (Å²) in [7, 11) is 0. The monoisotopic (exact) mass is 402 g/mol. The Morgan fingerprint density at radius 1 is 1.21 bits per heavy atom. The molecule has 6 nitrogen and oxygen atoms in total. The van der Waals surface area contributed by atoms with E-state index in [0.29, 0.717) is 23.7 Å². The van der Waals surface area contributed by atoms with Crippen LogP contribution in [0.4, 0.5) is 0 Å². The van der Waals surface area contributed by atoms with Crippen molar-refractivity contribution in [2.75, 3.05) is 26.2 Å². The number of aliphatic hydroxyl groups excluding tert-OH is 1. The van der Waals surface area contributed by atoms with Crippen molar-refractivity contribution in [2.45, 2.75) is 19.9 Å². The fraction of sp³-hybridized carbons (Fsp3) is 0.333. The minimum Gasteiger partial charge on any atom is -0.503 e. The molecule has 0 bridgehead atoms. The third kappa shape index (κ3) is 3.84. The number of aliphatic hydroxyl groups is 1. The van der Waals surface area contributed by atoms with Gasteiger partial charge < -0.3 is 19.3 Å². The van der Waals surface area contributed by atoms with Gasteiger partial charge in [-0.15, -0.1) is 0 Å². The van der Waals surface area contributed by atoms with Gasteiger partial charge in [-0.05, 0) is 42.9 Å². The zero-order valence-electron chi connectivity index (χ0n) is 15.9. The normalized spacial score (nSPS) is 17.1. The number of halogens is 1. The van der Waals surface area contributed by atoms with Gasteiger partial charge in [0.25, 0.3) is 5.91 Å². The standard InChI is InChI=1S/C21H23ClN2O4/c1-3-23(4-2)11-12-24-18(14-7-9-15(22)10-8-14)17(20(26)21(24)27)19(25)16-6-5-13-28-16/h5-10,13,18,26H,3-4,11-12H2,1-2H3. The zero-order chi connectivity index (χ0) is 20.3. The van der Waals surface area contributed by atoms with Crippen LogP contribution in [0, 0.1) is 0 Å². The summed E-state index contributed by atoms with van der Waals surface area (Å²) in [6, 6.07) is 9.35. The van der Waals surface area contributed by atoms with Crippen molar-refractivity contribution in [3.63, 3.8) is 0 Å². The van der Waals surface area contributed by atoms with E-state index in [1.165, 1.54) is 17.2 Å². The second kappa shape index (κ2) is 8.63. The van der Waals surface area contributed by atoms with E-state index in [4.69, 9.17) is 16.0 Å². The Morgan fingerprint density at radius 3 is 2.46 bits per heavy atom. The van der Waals surface area contributed by atoms with Crippen LogP contribution in [0.1, 0.15) is 36.0 Å². The van der Waals surface area contributed by atoms with E-state index >= 15 is 0 Å². The van der Waals surface area contributed by atoms with Gasteiger partial charge in [-0.25, -0.2) is 0 Å². The third-order valence-corrected chi connectivity index (χ3v) is 5.28. The first-order valence-electron chi connectivity index (χ1n) is 9.28. The lowest BCUT2D eigenvalue weighted by molar-refractivity contribution is -0.129. The first-order chi connectivity index (χ1) is 13.5. The third-order valence-electron chi connectivity index (χ3n) is 5.03. The van der Waals surface area contributed by atoms with E-state index in [9.17, 15) is 14.7 Å². The van der Waals surface area contributed by atoms with Gasteiger partial charge in [0.15, 0.2) is 11.5 Å². The quantitative estimate of drug-likeness (QED) is 0.679. The number of likely N-dealkylation sites (N-methyl/N-ethyl adjacent to an activating group) is 1. The minimum absolute atomic E-state index is 0.0295. The molecule has 1 aromatic carbocycles. The van der Waals surface area contributed by atoms with Crippen LogP contribution in [0.5, 0.6) is 0 Å². The largest absolute Gasteiger partial charge is 0.503 e. The summed E-state index contributed by atoms with van der Waals surface area (Å²) in [5.74, 6) is -1.50. The highest BCUT2D eigenvalue weighted by molar-refractivity contribution is 6.30. The van der Waals surface area contributed by atoms with Crippen molar-refractivity contribution in [1.82, 2.24) is 9.80 Å². The van der Waals surface area contributed by atoms with Gasteiger partial charge in [-0.2, -0.15) is 0 Å². The molecule has 1 N–H and O–H groups in total. The summed E-state index contributed by atoms with van der Waals surface area (Å²) in [4.78, 5) is 29.5. The molecule has 3 rings (SSSR count). The number of furan rings is 1. The number of hydrogen-bond donors (Lipinski definition) is 1. The highest BCUT2D eigenvalue weighted by atomic mass is 35.5. The van der Waals surface area contributed by atoms with Gasteiger partial charge in [0.05, 0.1) is 17.9 Å². The lowest BCUT2D eigenvalue weighted by atomic mass is 9.95. The van der Waals surface area contributed by atoms with Crippen molar-refractivity contribution >= 4 is 23.3 Å². The summed E-state index contributed by atoms with van der Waals surface area (Å²) >= 11 is 6.00. The lowest BCUT2D eigenvalue weighted by Gasteiger charge is -2.29. The number of carbonyl (C=O) groups is 2. The molecule has 0 saturated heterocycles. The molecule has 1 aliphatic rings. The molecule has 1 amide bonds. The van der Waals surface area contributed by atoms with Gasteiger partial charge in [0.1, 0.15) is 0 Å². The molecule has 1 unspecified atom stereocenters. The van der Waals surface area contributed by atoms with Crippen LogP contribution < -0.4 is 0 Å². The van der Waals surface area contributed by atoms with Crippen LogP contribution in [-0.4, -0.2) is 52.8 Å². The van der Waals surface area contributed by atoms with E-state index in [0.717, 1.165) is 13.1 Å². The molecule has 7 heteroatoms. The molecule has 0 saturated carbocycles. The zero-order valence-corrected chi connectivity index (χ0v) is 16.6. The van der Waals surface area contributed by atoms with Crippen LogP contribution in [0.2, 0.25) is 5.02 Å². The van der Waals surface area contributed by atoms with Gasteiger partial charge in [-0.1, -0.05) is 37.6 Å². The first kappa shape index (κ1) is 20.2. The fourth-order valence-corrected chi connectivity index (χ4v) is 3.56. The number of amides is 1. The van der Waals surface area contributed by atoms with Gasteiger partial charge in [-0.3, -0.25) is 9.59 Å². The number of carbonyl (C=O) groups excluding carboxylic acids is 2. The Balaban J connectivity index is 1.99. The molecular formula is C21H23ClN2O4. The molecule has 0 aliphatic carbocycles. The van der Waals surface area contributed by atoms with Crippen molar-refractivity contribution in [3.8, 4) is 0 Å². The molecule has 2 aromatic rings. The SMILES string of the molecule is CCN(CC)CCN1C(=O)C(O)=C(C(=O)c2ccco2)C1c1ccc(Cl)cc1. The average molecular weight is 403 g/mol. The van der Waals surface area contributed by atoms with E-state index in [2.05, 4.69) is 4.90 Å². The topological polar surface area (TPSA) is 74.0 Å². The van der Waals surface area contributed by atoms with E-state index < -0.39 is 23.5 Å². The molecule has 148 valence electrons. The number of ketones is 1. The number of hydrogen-bond acceptors (Lipinski definition) is 5. The van der Waals surface area contributed by atoms with Gasteiger partial charge in [0.2, 0.25) is 5.78 Å². The molecule has 0 fully saturated rings. The number of Topliss-reactive ketones (excluding diaryl/α,β-unsaturated/α-hetero) is 1. The summed E-state index contributed by atoms with van der Waals surface area (Å²) in [5, 5.41) is 11.1. The summed E-state index contributed by atoms with van der Waals surface area (Å²) in [6.45, 7) is 6.82. The van der Waals surface area contributed by atoms with Crippen molar-refractivity contribution < 1.29 is 19.1 Å². The van der Waals surface area contributed by atoms with Crippen LogP contribution in [0.15, 0.2) is 58.4 Å². The second-order valence-corrected chi connectivity index (χ2v) is 6.98. The second-order valence-electron chi connectivity index (χ2n) is 6.55. The van der Waals surface area contributed by atoms with Crippen LogP contribution in [-0.2, 0) is 4.79 Å². The van der Waals surface area contributed by atoms with E-state index in [1.54, 1.807) is 30.3 Å². The molecule has 28 heavy (non-hydrogen) atoms. The van der Waals surface area contributed by atoms with Crippen LogP contribution in [0.3, 0.4) is 0 Å². The number of nitrogens with zero attached hydrogens (tertiary/aromatic N) is 2. The number of rotatable bonds is 8. The summed E-state index contributed by atoms with van der Waals surface area (Å²) in [5.41, 5.74) is 0.734. The Bertz CT molecular complexity index is 870. The first-order valence-corrected chi connectivity index (χ1v) is 9.65. The smallest absolute Gasteiger partial charge is 0.290 e. The Kier molecular flexibility index (Phi) is 6.21. The predicted molar refractivity (Wildman–Crippen MR) is 106 cm³/mol. The van der Waals surface area contributed by atoms with Gasteiger partial charge in [0, 0.05) is 18.1 Å². The highest BCUT2D eigenvalue weighted by Crippen LogP contribution is 2.39. The van der Waals surface area contributed by atoms with Crippen LogP contribution in [0.25, 0.3) is 0 Å². The Labute approximate surface area is 169 Å². The fourth-order valence-electron chi connectivity index (χ4n) is 3.44. The molecular weight excluding hydrogens is 380 g/mol. The minimum atomic E-state index is -0.696. The molecule has 1 aliphatic heterocycles.